The highest BCUT2D eigenvalue weighted by Gasteiger charge is 2.26. The van der Waals surface area contributed by atoms with Crippen molar-refractivity contribution in [3.63, 3.8) is 0 Å². The van der Waals surface area contributed by atoms with Crippen molar-refractivity contribution >= 4 is 33.2 Å². The summed E-state index contributed by atoms with van der Waals surface area (Å²) in [5.41, 5.74) is 1.04. The van der Waals surface area contributed by atoms with Gasteiger partial charge >= 0.3 is 0 Å². The summed E-state index contributed by atoms with van der Waals surface area (Å²) < 4.78 is 5.68. The smallest absolute Gasteiger partial charge is 0.0847 e. The summed E-state index contributed by atoms with van der Waals surface area (Å²) in [6, 6.07) is 2.30. The van der Waals surface area contributed by atoms with Crippen LogP contribution in [-0.2, 0) is 4.74 Å². The molecule has 88 valence electrons. The van der Waals surface area contributed by atoms with Gasteiger partial charge in [-0.1, -0.05) is 27.5 Å². The van der Waals surface area contributed by atoms with Crippen LogP contribution in [0.2, 0.25) is 5.02 Å². The Labute approximate surface area is 109 Å². The van der Waals surface area contributed by atoms with Crippen LogP contribution < -0.4 is 4.90 Å². The summed E-state index contributed by atoms with van der Waals surface area (Å²) in [6.07, 6.45) is 3.68. The van der Waals surface area contributed by atoms with Gasteiger partial charge in [-0.15, -0.1) is 0 Å². The van der Waals surface area contributed by atoms with Crippen LogP contribution in [0, 0.1) is 0 Å². The Morgan fingerprint density at radius 1 is 1.69 bits per heavy atom. The lowest BCUT2D eigenvalue weighted by Gasteiger charge is -2.39. The summed E-state index contributed by atoms with van der Waals surface area (Å²) in [7, 11) is 0. The van der Waals surface area contributed by atoms with Crippen LogP contribution in [0.25, 0.3) is 0 Å². The molecule has 0 N–H and O–H groups in total. The fourth-order valence-corrected chi connectivity index (χ4v) is 2.47. The van der Waals surface area contributed by atoms with Crippen molar-refractivity contribution in [2.24, 2.45) is 0 Å². The summed E-state index contributed by atoms with van der Waals surface area (Å²) in [5.74, 6) is 0. The van der Waals surface area contributed by atoms with Gasteiger partial charge in [0.25, 0.3) is 0 Å². The standard InChI is InChI=1S/C11H14BrClN2O/c1-8-7-16-9(4-12)6-15(8)11-2-3-14-5-10(11)13/h2-3,5,8-9H,4,6-7H2,1H3. The number of ether oxygens (including phenoxy) is 1. The minimum absolute atomic E-state index is 0.223. The third kappa shape index (κ3) is 2.50. The maximum atomic E-state index is 6.16. The number of morpholine rings is 1. The molecule has 0 radical (unpaired) electrons. The highest BCUT2D eigenvalue weighted by molar-refractivity contribution is 9.09. The highest BCUT2D eigenvalue weighted by atomic mass is 79.9. The molecule has 0 aromatic carbocycles. The normalized spacial score (nSPS) is 25.8. The first-order valence-corrected chi connectivity index (χ1v) is 6.76. The Bertz CT molecular complexity index is 364. The predicted octanol–water partition coefficient (Wildman–Crippen LogP) is 2.72. The van der Waals surface area contributed by atoms with Crippen LogP contribution in [0.3, 0.4) is 0 Å². The van der Waals surface area contributed by atoms with Gasteiger partial charge in [-0.2, -0.15) is 0 Å². The molecule has 2 unspecified atom stereocenters. The van der Waals surface area contributed by atoms with Crippen molar-refractivity contribution in [1.82, 2.24) is 4.98 Å². The topological polar surface area (TPSA) is 25.4 Å². The lowest BCUT2D eigenvalue weighted by molar-refractivity contribution is 0.0380. The number of nitrogens with zero attached hydrogens (tertiary/aromatic N) is 2. The maximum Gasteiger partial charge on any atom is 0.0847 e. The lowest BCUT2D eigenvalue weighted by atomic mass is 10.2. The van der Waals surface area contributed by atoms with Crippen LogP contribution in [0.4, 0.5) is 5.69 Å². The zero-order valence-corrected chi connectivity index (χ0v) is 11.4. The summed E-state index contributed by atoms with van der Waals surface area (Å²) in [4.78, 5) is 6.28. The fraction of sp³-hybridized carbons (Fsp3) is 0.545. The fourth-order valence-electron chi connectivity index (χ4n) is 1.85. The second-order valence-corrected chi connectivity index (χ2v) is 4.99. The SMILES string of the molecule is CC1COC(CBr)CN1c1ccncc1Cl. The van der Waals surface area contributed by atoms with Crippen molar-refractivity contribution in [1.29, 1.82) is 0 Å². The van der Waals surface area contributed by atoms with E-state index in [9.17, 15) is 0 Å². The van der Waals surface area contributed by atoms with E-state index in [0.717, 1.165) is 24.2 Å². The lowest BCUT2D eigenvalue weighted by Crippen LogP contribution is -2.49. The van der Waals surface area contributed by atoms with Gasteiger partial charge in [0, 0.05) is 30.3 Å². The Morgan fingerprint density at radius 3 is 3.19 bits per heavy atom. The minimum Gasteiger partial charge on any atom is -0.373 e. The molecule has 0 bridgehead atoms. The highest BCUT2D eigenvalue weighted by Crippen LogP contribution is 2.28. The molecule has 0 saturated carbocycles. The minimum atomic E-state index is 0.223. The summed E-state index contributed by atoms with van der Waals surface area (Å²) in [6.45, 7) is 3.73. The van der Waals surface area contributed by atoms with Gasteiger partial charge in [0.1, 0.15) is 0 Å². The second-order valence-electron chi connectivity index (χ2n) is 3.94. The zero-order valence-electron chi connectivity index (χ0n) is 9.07. The molecule has 2 atom stereocenters. The van der Waals surface area contributed by atoms with E-state index in [1.807, 2.05) is 6.07 Å². The average Bonchev–Trinajstić information content (AvgIpc) is 2.31. The molecule has 1 aliphatic heterocycles. The van der Waals surface area contributed by atoms with Crippen LogP contribution in [0.5, 0.6) is 0 Å². The predicted molar refractivity (Wildman–Crippen MR) is 69.6 cm³/mol. The number of alkyl halides is 1. The van der Waals surface area contributed by atoms with Gasteiger partial charge in [-0.3, -0.25) is 4.98 Å². The number of aromatic nitrogens is 1. The average molecular weight is 306 g/mol. The molecule has 2 rings (SSSR count). The van der Waals surface area contributed by atoms with Crippen molar-refractivity contribution < 1.29 is 4.74 Å². The van der Waals surface area contributed by atoms with Crippen molar-refractivity contribution in [3.8, 4) is 0 Å². The number of hydrogen-bond donors (Lipinski definition) is 0. The van der Waals surface area contributed by atoms with E-state index in [1.165, 1.54) is 0 Å². The first-order valence-electron chi connectivity index (χ1n) is 5.26. The molecule has 3 nitrogen and oxygen atoms in total. The molecule has 1 aromatic rings. The zero-order chi connectivity index (χ0) is 11.5. The van der Waals surface area contributed by atoms with Gasteiger partial charge in [-0.25, -0.2) is 0 Å². The van der Waals surface area contributed by atoms with E-state index in [4.69, 9.17) is 16.3 Å². The molecule has 0 amide bonds. The Balaban J connectivity index is 2.21. The van der Waals surface area contributed by atoms with E-state index in [1.54, 1.807) is 12.4 Å². The van der Waals surface area contributed by atoms with Gasteiger partial charge < -0.3 is 9.64 Å². The molecule has 1 aliphatic rings. The Hall–Kier alpha value is -0.320. The molecule has 2 heterocycles. The van der Waals surface area contributed by atoms with Crippen molar-refractivity contribution in [2.75, 3.05) is 23.4 Å². The Kier molecular flexibility index (Phi) is 4.05. The molecular weight excluding hydrogens is 291 g/mol. The first kappa shape index (κ1) is 12.1. The molecular formula is C11H14BrClN2O. The molecule has 0 spiro atoms. The summed E-state index contributed by atoms with van der Waals surface area (Å²) in [5, 5.41) is 1.54. The van der Waals surface area contributed by atoms with Crippen molar-refractivity contribution in [2.45, 2.75) is 19.1 Å². The number of hydrogen-bond acceptors (Lipinski definition) is 3. The van der Waals surface area contributed by atoms with Crippen LogP contribution >= 0.6 is 27.5 Å². The third-order valence-corrected chi connectivity index (χ3v) is 3.75. The van der Waals surface area contributed by atoms with Crippen LogP contribution in [0.15, 0.2) is 18.5 Å². The van der Waals surface area contributed by atoms with Crippen molar-refractivity contribution in [3.05, 3.63) is 23.5 Å². The van der Waals surface area contributed by atoms with Gasteiger partial charge in [0.2, 0.25) is 0 Å². The summed E-state index contributed by atoms with van der Waals surface area (Å²) >= 11 is 9.61. The van der Waals surface area contributed by atoms with E-state index < -0.39 is 0 Å². The molecule has 5 heteroatoms. The van der Waals surface area contributed by atoms with Crippen LogP contribution in [-0.4, -0.2) is 35.6 Å². The second kappa shape index (κ2) is 5.34. The molecule has 16 heavy (non-hydrogen) atoms. The van der Waals surface area contributed by atoms with E-state index in [0.29, 0.717) is 11.1 Å². The largest absolute Gasteiger partial charge is 0.373 e. The van der Waals surface area contributed by atoms with Crippen LogP contribution in [0.1, 0.15) is 6.92 Å². The maximum absolute atomic E-state index is 6.16. The number of pyridine rings is 1. The van der Waals surface area contributed by atoms with Gasteiger partial charge in [0.15, 0.2) is 0 Å². The molecule has 1 aromatic heterocycles. The molecule has 0 aliphatic carbocycles. The quantitative estimate of drug-likeness (QED) is 0.786. The molecule has 1 fully saturated rings. The first-order chi connectivity index (χ1) is 7.72. The van der Waals surface area contributed by atoms with Gasteiger partial charge in [0.05, 0.1) is 23.4 Å². The monoisotopic (exact) mass is 304 g/mol. The van der Waals surface area contributed by atoms with E-state index in [2.05, 4.69) is 32.7 Å². The van der Waals surface area contributed by atoms with Gasteiger partial charge in [-0.05, 0) is 13.0 Å². The third-order valence-electron chi connectivity index (χ3n) is 2.74. The number of halogens is 2. The number of anilines is 1. The number of rotatable bonds is 2. The van der Waals surface area contributed by atoms with E-state index >= 15 is 0 Å². The Morgan fingerprint density at radius 2 is 2.50 bits per heavy atom. The van der Waals surface area contributed by atoms with E-state index in [-0.39, 0.29) is 6.10 Å². The molecule has 1 saturated heterocycles.